The lowest BCUT2D eigenvalue weighted by molar-refractivity contribution is 0.831. The number of anilines is 1. The van der Waals surface area contributed by atoms with Gasteiger partial charge in [0.05, 0.1) is 0 Å². The summed E-state index contributed by atoms with van der Waals surface area (Å²) in [5.41, 5.74) is 5.85. The third-order valence-corrected chi connectivity index (χ3v) is 1.85. The Bertz CT molecular complexity index is 323. The smallest absolute Gasteiger partial charge is 0.158 e. The monoisotopic (exact) mass is 193 g/mol. The van der Waals surface area contributed by atoms with Crippen LogP contribution in [0.25, 0.3) is 0 Å². The fourth-order valence-electron chi connectivity index (χ4n) is 1.24. The summed E-state index contributed by atoms with van der Waals surface area (Å²) in [6.07, 6.45) is 4.17. The van der Waals surface area contributed by atoms with Crippen molar-refractivity contribution in [3.8, 4) is 0 Å². The van der Waals surface area contributed by atoms with Gasteiger partial charge in [0, 0.05) is 26.0 Å². The zero-order chi connectivity index (χ0) is 10.6. The molecule has 0 saturated carbocycles. The maximum absolute atomic E-state index is 7.35. The Morgan fingerprint density at radius 3 is 2.71 bits per heavy atom. The number of nitrogens with one attached hydrogen (secondary N) is 1. The van der Waals surface area contributed by atoms with E-state index >= 15 is 0 Å². The topological polar surface area (TPSA) is 78.9 Å². The third kappa shape index (κ3) is 2.18. The number of hydrogen-bond donors (Lipinski definition) is 2. The number of nitrogens with zero attached hydrogens (tertiary/aromatic N) is 3. The summed E-state index contributed by atoms with van der Waals surface area (Å²) in [7, 11) is 1.92. The van der Waals surface area contributed by atoms with Crippen molar-refractivity contribution in [2.24, 2.45) is 5.73 Å². The number of nitrogens with two attached hydrogens (primary N) is 1. The fourth-order valence-corrected chi connectivity index (χ4v) is 1.24. The lowest BCUT2D eigenvalue weighted by atomic mass is 10.3. The Balaban J connectivity index is 3.00. The van der Waals surface area contributed by atoms with Crippen LogP contribution in [-0.4, -0.2) is 29.4 Å². The van der Waals surface area contributed by atoms with Gasteiger partial charge in [-0.3, -0.25) is 5.41 Å². The molecule has 0 bridgehead atoms. The van der Waals surface area contributed by atoms with Gasteiger partial charge in [0.2, 0.25) is 0 Å². The van der Waals surface area contributed by atoms with Gasteiger partial charge < -0.3 is 10.6 Å². The van der Waals surface area contributed by atoms with Crippen LogP contribution in [0.15, 0.2) is 12.4 Å². The van der Waals surface area contributed by atoms with Crippen LogP contribution >= 0.6 is 0 Å². The van der Waals surface area contributed by atoms with Gasteiger partial charge in [-0.2, -0.15) is 0 Å². The van der Waals surface area contributed by atoms with Crippen LogP contribution in [0.1, 0.15) is 19.0 Å². The maximum Gasteiger partial charge on any atom is 0.158 e. The van der Waals surface area contributed by atoms with Crippen molar-refractivity contribution in [2.45, 2.75) is 13.3 Å². The second kappa shape index (κ2) is 4.55. The maximum atomic E-state index is 7.35. The summed E-state index contributed by atoms with van der Waals surface area (Å²) in [4.78, 5) is 10.1. The average molecular weight is 193 g/mol. The molecule has 76 valence electrons. The Morgan fingerprint density at radius 2 is 2.14 bits per heavy atom. The van der Waals surface area contributed by atoms with Crippen LogP contribution in [-0.2, 0) is 0 Å². The van der Waals surface area contributed by atoms with E-state index in [1.807, 2.05) is 11.9 Å². The molecule has 0 fully saturated rings. The molecule has 5 heteroatoms. The van der Waals surface area contributed by atoms with Gasteiger partial charge in [0.15, 0.2) is 5.82 Å². The van der Waals surface area contributed by atoms with Gasteiger partial charge in [-0.05, 0) is 6.42 Å². The van der Waals surface area contributed by atoms with Crippen molar-refractivity contribution in [2.75, 3.05) is 18.5 Å². The van der Waals surface area contributed by atoms with Crippen molar-refractivity contribution in [1.82, 2.24) is 9.97 Å². The summed E-state index contributed by atoms with van der Waals surface area (Å²) < 4.78 is 0. The third-order valence-electron chi connectivity index (χ3n) is 1.85. The first kappa shape index (κ1) is 10.4. The summed E-state index contributed by atoms with van der Waals surface area (Å²) in [5, 5.41) is 7.35. The Labute approximate surface area is 83.5 Å². The molecule has 0 radical (unpaired) electrons. The molecule has 0 unspecified atom stereocenters. The minimum Gasteiger partial charge on any atom is -0.382 e. The van der Waals surface area contributed by atoms with Gasteiger partial charge >= 0.3 is 0 Å². The molecule has 0 aliphatic heterocycles. The zero-order valence-corrected chi connectivity index (χ0v) is 8.49. The molecule has 1 aromatic rings. The first-order valence-corrected chi connectivity index (χ1v) is 4.53. The average Bonchev–Trinajstić information content (AvgIpc) is 2.18. The second-order valence-corrected chi connectivity index (χ2v) is 3.06. The zero-order valence-electron chi connectivity index (χ0n) is 8.49. The Hall–Kier alpha value is -1.65. The first-order valence-electron chi connectivity index (χ1n) is 4.53. The van der Waals surface area contributed by atoms with E-state index in [1.54, 1.807) is 12.4 Å². The normalized spacial score (nSPS) is 9.86. The fraction of sp³-hybridized carbons (Fsp3) is 0.444. The van der Waals surface area contributed by atoms with Crippen LogP contribution in [0.4, 0.5) is 5.82 Å². The van der Waals surface area contributed by atoms with Crippen molar-refractivity contribution in [1.29, 1.82) is 5.41 Å². The molecule has 0 aromatic carbocycles. The molecule has 1 heterocycles. The van der Waals surface area contributed by atoms with E-state index in [2.05, 4.69) is 16.9 Å². The predicted octanol–water partition coefficient (Wildman–Crippen LogP) is 0.607. The second-order valence-electron chi connectivity index (χ2n) is 3.06. The summed E-state index contributed by atoms with van der Waals surface area (Å²) in [6, 6.07) is 0. The highest BCUT2D eigenvalue weighted by Gasteiger charge is 2.10. The van der Waals surface area contributed by atoms with Gasteiger partial charge in [-0.1, -0.05) is 6.92 Å². The highest BCUT2D eigenvalue weighted by atomic mass is 15.2. The van der Waals surface area contributed by atoms with Gasteiger partial charge in [0.1, 0.15) is 11.5 Å². The SMILES string of the molecule is CCCN(C)c1nccnc1C(=N)N. The molecular weight excluding hydrogens is 178 g/mol. The predicted molar refractivity (Wildman–Crippen MR) is 56.6 cm³/mol. The Morgan fingerprint density at radius 1 is 1.50 bits per heavy atom. The van der Waals surface area contributed by atoms with Gasteiger partial charge in [0.25, 0.3) is 0 Å². The molecule has 0 aliphatic carbocycles. The van der Waals surface area contributed by atoms with Crippen LogP contribution in [0.3, 0.4) is 0 Å². The number of nitrogen functional groups attached to an aromatic ring is 1. The summed E-state index contributed by atoms with van der Waals surface area (Å²) >= 11 is 0. The van der Waals surface area contributed by atoms with Crippen molar-refractivity contribution in [3.63, 3.8) is 0 Å². The van der Waals surface area contributed by atoms with Gasteiger partial charge in [-0.25, -0.2) is 9.97 Å². The molecule has 0 atom stereocenters. The van der Waals surface area contributed by atoms with Crippen molar-refractivity contribution < 1.29 is 0 Å². The van der Waals surface area contributed by atoms with Crippen LogP contribution in [0.5, 0.6) is 0 Å². The molecule has 0 aliphatic rings. The van der Waals surface area contributed by atoms with E-state index in [0.717, 1.165) is 13.0 Å². The highest BCUT2D eigenvalue weighted by molar-refractivity contribution is 5.97. The number of aromatic nitrogens is 2. The van der Waals surface area contributed by atoms with Crippen LogP contribution in [0.2, 0.25) is 0 Å². The van der Waals surface area contributed by atoms with E-state index in [4.69, 9.17) is 11.1 Å². The van der Waals surface area contributed by atoms with Crippen LogP contribution < -0.4 is 10.6 Å². The lowest BCUT2D eigenvalue weighted by Crippen LogP contribution is -2.25. The Kier molecular flexibility index (Phi) is 3.39. The van der Waals surface area contributed by atoms with Gasteiger partial charge in [-0.15, -0.1) is 0 Å². The molecular formula is C9H15N5. The van der Waals surface area contributed by atoms with Crippen LogP contribution in [0, 0.1) is 5.41 Å². The molecule has 0 amide bonds. The van der Waals surface area contributed by atoms with Crippen molar-refractivity contribution in [3.05, 3.63) is 18.1 Å². The standard InChI is InChI=1S/C9H15N5/c1-3-6-14(2)9-7(8(10)11)12-4-5-13-9/h4-5H,3,6H2,1-2H3,(H3,10,11). The molecule has 5 nitrogen and oxygen atoms in total. The number of hydrogen-bond acceptors (Lipinski definition) is 4. The molecule has 1 aromatic heterocycles. The van der Waals surface area contributed by atoms with E-state index in [9.17, 15) is 0 Å². The van der Waals surface area contributed by atoms with E-state index in [0.29, 0.717) is 11.5 Å². The van der Waals surface area contributed by atoms with E-state index in [1.165, 1.54) is 0 Å². The van der Waals surface area contributed by atoms with Crippen molar-refractivity contribution >= 4 is 11.7 Å². The minimum atomic E-state index is -0.0453. The lowest BCUT2D eigenvalue weighted by Gasteiger charge is -2.18. The first-order chi connectivity index (χ1) is 6.66. The quantitative estimate of drug-likeness (QED) is 0.542. The molecule has 0 spiro atoms. The highest BCUT2D eigenvalue weighted by Crippen LogP contribution is 2.12. The molecule has 3 N–H and O–H groups in total. The largest absolute Gasteiger partial charge is 0.382 e. The molecule has 1 rings (SSSR count). The number of rotatable bonds is 4. The number of amidine groups is 1. The minimum absolute atomic E-state index is 0.0453. The van der Waals surface area contributed by atoms with E-state index in [-0.39, 0.29) is 5.84 Å². The summed E-state index contributed by atoms with van der Waals surface area (Å²) in [5.74, 6) is 0.623. The van der Waals surface area contributed by atoms with E-state index < -0.39 is 0 Å². The molecule has 0 saturated heterocycles. The molecule has 14 heavy (non-hydrogen) atoms. The summed E-state index contributed by atoms with van der Waals surface area (Å²) in [6.45, 7) is 2.96.